The summed E-state index contributed by atoms with van der Waals surface area (Å²) in [7, 11) is 0. The lowest BCUT2D eigenvalue weighted by Crippen LogP contribution is -2.48. The van der Waals surface area contributed by atoms with Crippen molar-refractivity contribution in [1.29, 1.82) is 0 Å². The molecule has 25 heavy (non-hydrogen) atoms. The second-order valence-electron chi connectivity index (χ2n) is 6.91. The highest BCUT2D eigenvalue weighted by Crippen LogP contribution is 2.26. The zero-order valence-corrected chi connectivity index (χ0v) is 14.4. The van der Waals surface area contributed by atoms with Crippen LogP contribution in [-0.2, 0) is 4.79 Å². The summed E-state index contributed by atoms with van der Waals surface area (Å²) in [6.07, 6.45) is 4.41. The monoisotopic (exact) mass is 336 g/mol. The number of pyridine rings is 1. The van der Waals surface area contributed by atoms with Crippen LogP contribution in [0.1, 0.15) is 6.42 Å². The Kier molecular flexibility index (Phi) is 4.65. The molecule has 1 aromatic heterocycles. The minimum atomic E-state index is 0.255. The number of para-hydroxylation sites is 1. The van der Waals surface area contributed by atoms with Crippen LogP contribution in [0.5, 0.6) is 0 Å². The molecule has 2 aliphatic rings. The van der Waals surface area contributed by atoms with Gasteiger partial charge in [0, 0.05) is 57.6 Å². The van der Waals surface area contributed by atoms with Crippen LogP contribution in [0.3, 0.4) is 0 Å². The second-order valence-corrected chi connectivity index (χ2v) is 6.91. The van der Waals surface area contributed by atoms with Gasteiger partial charge in [-0.2, -0.15) is 0 Å². The van der Waals surface area contributed by atoms with E-state index in [0.29, 0.717) is 12.3 Å². The first-order valence-electron chi connectivity index (χ1n) is 9.02. The van der Waals surface area contributed by atoms with Crippen LogP contribution in [0.2, 0.25) is 0 Å². The fraction of sp³-hybridized carbons (Fsp3) is 0.400. The molecule has 2 saturated heterocycles. The molecule has 1 unspecified atom stereocenters. The molecule has 0 spiro atoms. The summed E-state index contributed by atoms with van der Waals surface area (Å²) in [5, 5.41) is 0. The van der Waals surface area contributed by atoms with Gasteiger partial charge in [0.05, 0.1) is 11.9 Å². The number of aromatic nitrogens is 1. The Morgan fingerprint density at radius 1 is 0.960 bits per heavy atom. The van der Waals surface area contributed by atoms with Gasteiger partial charge in [-0.05, 0) is 30.2 Å². The molecule has 3 heterocycles. The molecule has 2 aromatic rings. The van der Waals surface area contributed by atoms with Gasteiger partial charge in [-0.1, -0.05) is 18.2 Å². The fourth-order valence-corrected chi connectivity index (χ4v) is 3.86. The van der Waals surface area contributed by atoms with Gasteiger partial charge in [-0.3, -0.25) is 14.7 Å². The van der Waals surface area contributed by atoms with Gasteiger partial charge in [-0.25, -0.2) is 0 Å². The lowest BCUT2D eigenvalue weighted by molar-refractivity contribution is -0.117. The van der Waals surface area contributed by atoms with E-state index >= 15 is 0 Å². The van der Waals surface area contributed by atoms with Crippen LogP contribution >= 0.6 is 0 Å². The maximum Gasteiger partial charge on any atom is 0.227 e. The number of benzene rings is 1. The Balaban J connectivity index is 1.30. The molecule has 5 heteroatoms. The van der Waals surface area contributed by atoms with Crippen molar-refractivity contribution >= 4 is 17.3 Å². The van der Waals surface area contributed by atoms with E-state index in [4.69, 9.17) is 0 Å². The van der Waals surface area contributed by atoms with Crippen LogP contribution in [0.4, 0.5) is 11.4 Å². The van der Waals surface area contributed by atoms with E-state index in [9.17, 15) is 4.79 Å². The first kappa shape index (κ1) is 16.1. The Morgan fingerprint density at radius 2 is 1.72 bits per heavy atom. The largest absolute Gasteiger partial charge is 0.368 e. The number of carbonyl (C=O) groups excluding carboxylic acids is 1. The minimum Gasteiger partial charge on any atom is -0.368 e. The second kappa shape index (κ2) is 7.23. The first-order chi connectivity index (χ1) is 12.3. The third-order valence-electron chi connectivity index (χ3n) is 5.17. The predicted molar refractivity (Wildman–Crippen MR) is 99.8 cm³/mol. The third kappa shape index (κ3) is 3.66. The molecule has 2 fully saturated rings. The lowest BCUT2D eigenvalue weighted by Gasteiger charge is -2.36. The maximum absolute atomic E-state index is 12.4. The number of carbonyl (C=O) groups is 1. The Morgan fingerprint density at radius 3 is 2.44 bits per heavy atom. The molecule has 0 N–H and O–H groups in total. The van der Waals surface area contributed by atoms with Gasteiger partial charge >= 0.3 is 0 Å². The highest BCUT2D eigenvalue weighted by molar-refractivity contribution is 5.95. The SMILES string of the molecule is O=C1CC(CN2CCN(c3cccnc3)CC2)CN1c1ccccc1. The topological polar surface area (TPSA) is 39.7 Å². The van der Waals surface area contributed by atoms with Crippen molar-refractivity contribution in [2.45, 2.75) is 6.42 Å². The van der Waals surface area contributed by atoms with Crippen molar-refractivity contribution in [3.8, 4) is 0 Å². The van der Waals surface area contributed by atoms with Crippen molar-refractivity contribution < 1.29 is 4.79 Å². The van der Waals surface area contributed by atoms with E-state index in [0.717, 1.165) is 45.0 Å². The Hall–Kier alpha value is -2.40. The molecule has 1 amide bonds. The molecule has 2 aliphatic heterocycles. The molecule has 5 nitrogen and oxygen atoms in total. The van der Waals surface area contributed by atoms with Crippen molar-refractivity contribution in [2.75, 3.05) is 49.1 Å². The molecule has 1 atom stereocenters. The van der Waals surface area contributed by atoms with Crippen LogP contribution in [0.25, 0.3) is 0 Å². The summed E-state index contributed by atoms with van der Waals surface area (Å²) in [5.41, 5.74) is 2.23. The quantitative estimate of drug-likeness (QED) is 0.859. The summed E-state index contributed by atoms with van der Waals surface area (Å²) >= 11 is 0. The molecule has 0 radical (unpaired) electrons. The van der Waals surface area contributed by atoms with Gasteiger partial charge < -0.3 is 9.80 Å². The maximum atomic E-state index is 12.4. The van der Waals surface area contributed by atoms with Crippen LogP contribution in [-0.4, -0.2) is 55.1 Å². The summed E-state index contributed by atoms with van der Waals surface area (Å²) in [6.45, 7) is 5.99. The predicted octanol–water partition coefficient (Wildman–Crippen LogP) is 2.26. The Bertz CT molecular complexity index is 698. The summed E-state index contributed by atoms with van der Waals surface area (Å²) in [6, 6.07) is 14.1. The normalized spacial score (nSPS) is 21.8. The van der Waals surface area contributed by atoms with Gasteiger partial charge in [0.2, 0.25) is 5.91 Å². The van der Waals surface area contributed by atoms with E-state index in [-0.39, 0.29) is 5.91 Å². The number of nitrogens with zero attached hydrogens (tertiary/aromatic N) is 4. The van der Waals surface area contributed by atoms with Crippen molar-refractivity contribution in [2.24, 2.45) is 5.92 Å². The van der Waals surface area contributed by atoms with Gasteiger partial charge in [0.25, 0.3) is 0 Å². The molecule has 0 saturated carbocycles. The average Bonchev–Trinajstić information content (AvgIpc) is 3.04. The molecule has 0 aliphatic carbocycles. The number of piperazine rings is 1. The fourth-order valence-electron chi connectivity index (χ4n) is 3.86. The van der Waals surface area contributed by atoms with Crippen LogP contribution in [0.15, 0.2) is 54.9 Å². The van der Waals surface area contributed by atoms with E-state index in [2.05, 4.69) is 20.9 Å². The van der Waals surface area contributed by atoms with Gasteiger partial charge in [-0.15, -0.1) is 0 Å². The van der Waals surface area contributed by atoms with E-state index in [1.807, 2.05) is 53.7 Å². The van der Waals surface area contributed by atoms with Crippen molar-refractivity contribution in [1.82, 2.24) is 9.88 Å². The minimum absolute atomic E-state index is 0.255. The highest BCUT2D eigenvalue weighted by atomic mass is 16.2. The number of hydrogen-bond donors (Lipinski definition) is 0. The van der Waals surface area contributed by atoms with Crippen molar-refractivity contribution in [3.05, 3.63) is 54.9 Å². The van der Waals surface area contributed by atoms with Crippen LogP contribution < -0.4 is 9.80 Å². The smallest absolute Gasteiger partial charge is 0.227 e. The standard InChI is InChI=1S/C20H24N4O/c25-20-13-17(16-24(20)18-5-2-1-3-6-18)15-22-9-11-23(12-10-22)19-7-4-8-21-14-19/h1-8,14,17H,9-13,15-16H2. The number of amides is 1. The third-order valence-corrected chi connectivity index (χ3v) is 5.17. The lowest BCUT2D eigenvalue weighted by atomic mass is 10.1. The first-order valence-corrected chi connectivity index (χ1v) is 9.02. The van der Waals surface area contributed by atoms with E-state index < -0.39 is 0 Å². The van der Waals surface area contributed by atoms with Gasteiger partial charge in [0.15, 0.2) is 0 Å². The number of rotatable bonds is 4. The highest BCUT2D eigenvalue weighted by Gasteiger charge is 2.32. The van der Waals surface area contributed by atoms with E-state index in [1.165, 1.54) is 5.69 Å². The summed E-state index contributed by atoms with van der Waals surface area (Å²) in [4.78, 5) is 23.4. The van der Waals surface area contributed by atoms with Crippen LogP contribution in [0, 0.1) is 5.92 Å². The number of hydrogen-bond acceptors (Lipinski definition) is 4. The molecule has 4 rings (SSSR count). The summed E-state index contributed by atoms with van der Waals surface area (Å²) in [5.74, 6) is 0.683. The Labute approximate surface area is 148 Å². The van der Waals surface area contributed by atoms with Crippen molar-refractivity contribution in [3.63, 3.8) is 0 Å². The zero-order valence-electron chi connectivity index (χ0n) is 14.4. The summed E-state index contributed by atoms with van der Waals surface area (Å²) < 4.78 is 0. The molecule has 1 aromatic carbocycles. The molecule has 0 bridgehead atoms. The molecular formula is C20H24N4O. The van der Waals surface area contributed by atoms with Gasteiger partial charge in [0.1, 0.15) is 0 Å². The zero-order chi connectivity index (χ0) is 17.1. The number of anilines is 2. The average molecular weight is 336 g/mol. The van der Waals surface area contributed by atoms with E-state index in [1.54, 1.807) is 0 Å². The molecular weight excluding hydrogens is 312 g/mol. The molecule has 130 valence electrons.